The van der Waals surface area contributed by atoms with Gasteiger partial charge >= 0.3 is 5.97 Å². The summed E-state index contributed by atoms with van der Waals surface area (Å²) in [6.07, 6.45) is 0.942. The van der Waals surface area contributed by atoms with Crippen LogP contribution >= 0.6 is 0 Å². The zero-order valence-electron chi connectivity index (χ0n) is 12.2. The minimum Gasteiger partial charge on any atom is -0.462 e. The van der Waals surface area contributed by atoms with Gasteiger partial charge in [-0.15, -0.1) is 0 Å². The normalized spacial score (nSPS) is 12.9. The van der Waals surface area contributed by atoms with E-state index in [0.29, 0.717) is 18.4 Å². The standard InChI is InChI=1S/C14H21NO5S/c1-3-12(9-10-16)15-21(18,19)13-7-5-11(6-8-13)14(17)20-4-2/h5-8,12,15-16H,3-4,9-10H2,1-2H3. The van der Waals surface area contributed by atoms with Crippen LogP contribution in [0.1, 0.15) is 37.0 Å². The van der Waals surface area contributed by atoms with Crippen LogP contribution in [0.3, 0.4) is 0 Å². The topological polar surface area (TPSA) is 92.7 Å². The van der Waals surface area contributed by atoms with E-state index in [1.54, 1.807) is 6.92 Å². The zero-order chi connectivity index (χ0) is 15.9. The summed E-state index contributed by atoms with van der Waals surface area (Å²) in [5.41, 5.74) is 0.304. The maximum Gasteiger partial charge on any atom is 0.338 e. The van der Waals surface area contributed by atoms with Gasteiger partial charge in [0.25, 0.3) is 0 Å². The van der Waals surface area contributed by atoms with Gasteiger partial charge in [-0.2, -0.15) is 0 Å². The molecule has 0 radical (unpaired) electrons. The van der Waals surface area contributed by atoms with Crippen LogP contribution in [0, 0.1) is 0 Å². The maximum atomic E-state index is 12.2. The Morgan fingerprint density at radius 3 is 2.38 bits per heavy atom. The molecule has 1 atom stereocenters. The van der Waals surface area contributed by atoms with Crippen LogP contribution < -0.4 is 4.72 Å². The van der Waals surface area contributed by atoms with Crippen molar-refractivity contribution in [2.24, 2.45) is 0 Å². The van der Waals surface area contributed by atoms with Crippen LogP contribution in [0.5, 0.6) is 0 Å². The highest BCUT2D eigenvalue weighted by Crippen LogP contribution is 2.13. The SMILES string of the molecule is CCOC(=O)c1ccc(S(=O)(=O)NC(CC)CCO)cc1. The third-order valence-electron chi connectivity index (χ3n) is 2.97. The van der Waals surface area contributed by atoms with Crippen molar-refractivity contribution in [3.63, 3.8) is 0 Å². The van der Waals surface area contributed by atoms with Gasteiger partial charge in [0.1, 0.15) is 0 Å². The predicted molar refractivity (Wildman–Crippen MR) is 78.5 cm³/mol. The van der Waals surface area contributed by atoms with Gasteiger partial charge in [0.15, 0.2) is 0 Å². The Labute approximate surface area is 125 Å². The molecule has 1 aromatic carbocycles. The summed E-state index contributed by atoms with van der Waals surface area (Å²) in [4.78, 5) is 11.6. The number of esters is 1. The van der Waals surface area contributed by atoms with Crippen LogP contribution in [0.4, 0.5) is 0 Å². The van der Waals surface area contributed by atoms with E-state index in [1.807, 2.05) is 6.92 Å². The molecule has 0 fully saturated rings. The maximum absolute atomic E-state index is 12.2. The van der Waals surface area contributed by atoms with E-state index in [-0.39, 0.29) is 24.2 Å². The van der Waals surface area contributed by atoms with Gasteiger partial charge in [0.05, 0.1) is 17.1 Å². The molecule has 2 N–H and O–H groups in total. The summed E-state index contributed by atoms with van der Waals surface area (Å²) in [7, 11) is -3.66. The molecule has 0 aliphatic rings. The molecule has 6 nitrogen and oxygen atoms in total. The Morgan fingerprint density at radius 1 is 1.29 bits per heavy atom. The lowest BCUT2D eigenvalue weighted by Gasteiger charge is -2.16. The molecular formula is C14H21NO5S. The minimum atomic E-state index is -3.66. The molecular weight excluding hydrogens is 294 g/mol. The van der Waals surface area contributed by atoms with Crippen LogP contribution in [-0.4, -0.2) is 38.7 Å². The number of ether oxygens (including phenoxy) is 1. The molecule has 0 spiro atoms. The average molecular weight is 315 g/mol. The van der Waals surface area contributed by atoms with Crippen LogP contribution in [0.25, 0.3) is 0 Å². The van der Waals surface area contributed by atoms with Gasteiger partial charge in [-0.25, -0.2) is 17.9 Å². The van der Waals surface area contributed by atoms with Crippen LogP contribution in [0.2, 0.25) is 0 Å². The fraction of sp³-hybridized carbons (Fsp3) is 0.500. The number of aliphatic hydroxyl groups excluding tert-OH is 1. The number of carbonyl (C=O) groups is 1. The highest BCUT2D eigenvalue weighted by Gasteiger charge is 2.19. The van der Waals surface area contributed by atoms with E-state index in [2.05, 4.69) is 4.72 Å². The van der Waals surface area contributed by atoms with Crippen molar-refractivity contribution in [3.8, 4) is 0 Å². The van der Waals surface area contributed by atoms with Gasteiger partial charge in [0.2, 0.25) is 10.0 Å². The molecule has 0 aromatic heterocycles. The number of nitrogens with one attached hydrogen (secondary N) is 1. The molecule has 0 heterocycles. The first-order valence-corrected chi connectivity index (χ1v) is 8.33. The lowest BCUT2D eigenvalue weighted by molar-refractivity contribution is 0.0526. The first-order chi connectivity index (χ1) is 9.94. The molecule has 0 aliphatic heterocycles. The number of hydrogen-bond acceptors (Lipinski definition) is 5. The molecule has 0 saturated carbocycles. The van der Waals surface area contributed by atoms with Gasteiger partial charge < -0.3 is 9.84 Å². The lowest BCUT2D eigenvalue weighted by atomic mass is 10.2. The summed E-state index contributed by atoms with van der Waals surface area (Å²) >= 11 is 0. The molecule has 1 unspecified atom stereocenters. The largest absolute Gasteiger partial charge is 0.462 e. The van der Waals surface area contributed by atoms with Gasteiger partial charge in [-0.05, 0) is 44.0 Å². The van der Waals surface area contributed by atoms with E-state index in [9.17, 15) is 13.2 Å². The number of carbonyl (C=O) groups excluding carboxylic acids is 1. The number of benzene rings is 1. The monoisotopic (exact) mass is 315 g/mol. The number of sulfonamides is 1. The van der Waals surface area contributed by atoms with Crippen molar-refractivity contribution in [2.75, 3.05) is 13.2 Å². The second-order valence-electron chi connectivity index (χ2n) is 4.48. The summed E-state index contributed by atoms with van der Waals surface area (Å²) in [5.74, 6) is -0.485. The zero-order valence-corrected chi connectivity index (χ0v) is 13.0. The highest BCUT2D eigenvalue weighted by molar-refractivity contribution is 7.89. The van der Waals surface area contributed by atoms with E-state index in [1.165, 1.54) is 24.3 Å². The van der Waals surface area contributed by atoms with Crippen molar-refractivity contribution in [3.05, 3.63) is 29.8 Å². The Kier molecular flexibility index (Phi) is 6.80. The molecule has 118 valence electrons. The third-order valence-corrected chi connectivity index (χ3v) is 4.50. The highest BCUT2D eigenvalue weighted by atomic mass is 32.2. The Bertz CT molecular complexity index is 553. The number of aliphatic hydroxyl groups is 1. The van der Waals surface area contributed by atoms with Gasteiger partial charge in [-0.3, -0.25) is 0 Å². The first kappa shape index (κ1) is 17.6. The molecule has 0 saturated heterocycles. The van der Waals surface area contributed by atoms with E-state index in [4.69, 9.17) is 9.84 Å². The predicted octanol–water partition coefficient (Wildman–Crippen LogP) is 1.30. The van der Waals surface area contributed by atoms with Gasteiger partial charge in [0, 0.05) is 12.6 Å². The van der Waals surface area contributed by atoms with Crippen LogP contribution in [0.15, 0.2) is 29.2 Å². The molecule has 0 bridgehead atoms. The summed E-state index contributed by atoms with van der Waals surface area (Å²) in [6.45, 7) is 3.72. The van der Waals surface area contributed by atoms with Crippen molar-refractivity contribution in [2.45, 2.75) is 37.6 Å². The first-order valence-electron chi connectivity index (χ1n) is 6.85. The molecule has 0 amide bonds. The average Bonchev–Trinajstić information content (AvgIpc) is 2.47. The molecule has 1 rings (SSSR count). The second-order valence-corrected chi connectivity index (χ2v) is 6.20. The van der Waals surface area contributed by atoms with Crippen LogP contribution in [-0.2, 0) is 14.8 Å². The Hall–Kier alpha value is -1.44. The summed E-state index contributed by atoms with van der Waals surface area (Å²) < 4.78 is 31.7. The van der Waals surface area contributed by atoms with Gasteiger partial charge in [-0.1, -0.05) is 6.92 Å². The van der Waals surface area contributed by atoms with E-state index < -0.39 is 16.0 Å². The van der Waals surface area contributed by atoms with Crippen molar-refractivity contribution in [1.29, 1.82) is 0 Å². The second kappa shape index (κ2) is 8.11. The smallest absolute Gasteiger partial charge is 0.338 e. The molecule has 0 aliphatic carbocycles. The molecule has 21 heavy (non-hydrogen) atoms. The van der Waals surface area contributed by atoms with E-state index in [0.717, 1.165) is 0 Å². The van der Waals surface area contributed by atoms with E-state index >= 15 is 0 Å². The minimum absolute atomic E-state index is 0.0759. The Balaban J connectivity index is 2.87. The lowest BCUT2D eigenvalue weighted by Crippen LogP contribution is -2.35. The third kappa shape index (κ3) is 5.11. The Morgan fingerprint density at radius 2 is 1.90 bits per heavy atom. The quantitative estimate of drug-likeness (QED) is 0.705. The summed E-state index contributed by atoms with van der Waals surface area (Å²) in [6, 6.07) is 5.24. The molecule has 1 aromatic rings. The van der Waals surface area contributed by atoms with Crippen molar-refractivity contribution in [1.82, 2.24) is 4.72 Å². The van der Waals surface area contributed by atoms with Crippen molar-refractivity contribution >= 4 is 16.0 Å². The summed E-state index contributed by atoms with van der Waals surface area (Å²) in [5, 5.41) is 8.90. The fourth-order valence-electron chi connectivity index (χ4n) is 1.77. The fourth-order valence-corrected chi connectivity index (χ4v) is 3.13. The number of rotatable bonds is 8. The molecule has 7 heteroatoms. The number of hydrogen-bond donors (Lipinski definition) is 2. The van der Waals surface area contributed by atoms with Crippen molar-refractivity contribution < 1.29 is 23.1 Å².